The van der Waals surface area contributed by atoms with Crippen LogP contribution >= 0.6 is 0 Å². The Morgan fingerprint density at radius 3 is 2.50 bits per heavy atom. The summed E-state index contributed by atoms with van der Waals surface area (Å²) in [6.07, 6.45) is 0. The second-order valence-electron chi connectivity index (χ2n) is 5.75. The minimum Gasteiger partial charge on any atom is -0.497 e. The van der Waals surface area contributed by atoms with Crippen molar-refractivity contribution in [3.63, 3.8) is 0 Å². The van der Waals surface area contributed by atoms with Gasteiger partial charge in [0.1, 0.15) is 5.75 Å². The molecule has 0 spiro atoms. The summed E-state index contributed by atoms with van der Waals surface area (Å²) in [6, 6.07) is 5.70. The number of anilines is 2. The van der Waals surface area contributed by atoms with Gasteiger partial charge in [-0.1, -0.05) is 13.8 Å². The molecule has 0 bridgehead atoms. The molecule has 3 N–H and O–H groups in total. The summed E-state index contributed by atoms with van der Waals surface area (Å²) in [7, 11) is 5.82. The summed E-state index contributed by atoms with van der Waals surface area (Å²) in [5, 5.41) is 3.42. The minimum absolute atomic E-state index is 0.196. The maximum absolute atomic E-state index is 5.83. The van der Waals surface area contributed by atoms with Gasteiger partial charge in [-0.15, -0.1) is 0 Å². The van der Waals surface area contributed by atoms with Gasteiger partial charge in [-0.3, -0.25) is 0 Å². The van der Waals surface area contributed by atoms with Crippen molar-refractivity contribution in [2.75, 3.05) is 45.3 Å². The van der Waals surface area contributed by atoms with E-state index < -0.39 is 0 Å². The third-order valence-electron chi connectivity index (χ3n) is 2.68. The van der Waals surface area contributed by atoms with Gasteiger partial charge in [0, 0.05) is 36.6 Å². The standard InChI is InChI=1S/C14H25N3O/c1-14(2,10-17(3)4)9-16-12-6-11(15)7-13(8-12)18-5/h6-8,16H,9-10,15H2,1-5H3. The highest BCUT2D eigenvalue weighted by molar-refractivity contribution is 5.59. The van der Waals surface area contributed by atoms with E-state index in [9.17, 15) is 0 Å². The summed E-state index contributed by atoms with van der Waals surface area (Å²) in [5.41, 5.74) is 7.73. The zero-order valence-electron chi connectivity index (χ0n) is 12.1. The van der Waals surface area contributed by atoms with Crippen LogP contribution in [-0.2, 0) is 0 Å². The highest BCUT2D eigenvalue weighted by Crippen LogP contribution is 2.24. The molecule has 4 nitrogen and oxygen atoms in total. The Labute approximate surface area is 110 Å². The molecule has 0 saturated carbocycles. The molecule has 18 heavy (non-hydrogen) atoms. The van der Waals surface area contributed by atoms with Gasteiger partial charge in [0.25, 0.3) is 0 Å². The van der Waals surface area contributed by atoms with E-state index in [1.165, 1.54) is 0 Å². The molecule has 4 heteroatoms. The maximum atomic E-state index is 5.83. The van der Waals surface area contributed by atoms with Crippen LogP contribution in [0.3, 0.4) is 0 Å². The molecule has 1 aromatic rings. The van der Waals surface area contributed by atoms with E-state index in [-0.39, 0.29) is 5.41 Å². The van der Waals surface area contributed by atoms with Gasteiger partial charge in [-0.05, 0) is 25.6 Å². The Bertz CT molecular complexity index is 389. The molecular formula is C14H25N3O. The van der Waals surface area contributed by atoms with Gasteiger partial charge in [-0.25, -0.2) is 0 Å². The molecule has 0 aliphatic heterocycles. The van der Waals surface area contributed by atoms with Crippen LogP contribution in [0, 0.1) is 5.41 Å². The fourth-order valence-corrected chi connectivity index (χ4v) is 2.10. The van der Waals surface area contributed by atoms with E-state index in [0.29, 0.717) is 5.69 Å². The molecule has 0 aliphatic rings. The summed E-state index contributed by atoms with van der Waals surface area (Å²) >= 11 is 0. The van der Waals surface area contributed by atoms with E-state index in [0.717, 1.165) is 24.5 Å². The third-order valence-corrected chi connectivity index (χ3v) is 2.68. The van der Waals surface area contributed by atoms with E-state index in [4.69, 9.17) is 10.5 Å². The van der Waals surface area contributed by atoms with E-state index in [1.54, 1.807) is 7.11 Å². The molecule has 0 radical (unpaired) electrons. The van der Waals surface area contributed by atoms with Crippen molar-refractivity contribution < 1.29 is 4.74 Å². The number of hydrogen-bond donors (Lipinski definition) is 2. The van der Waals surface area contributed by atoms with Crippen LogP contribution < -0.4 is 15.8 Å². The Balaban J connectivity index is 2.65. The molecule has 0 aromatic heterocycles. The number of hydrogen-bond acceptors (Lipinski definition) is 4. The maximum Gasteiger partial charge on any atom is 0.122 e. The van der Waals surface area contributed by atoms with Gasteiger partial charge in [0.2, 0.25) is 0 Å². The largest absolute Gasteiger partial charge is 0.497 e. The molecule has 0 saturated heterocycles. The Kier molecular flexibility index (Phi) is 4.84. The first-order valence-corrected chi connectivity index (χ1v) is 6.15. The second-order valence-corrected chi connectivity index (χ2v) is 5.75. The first kappa shape index (κ1) is 14.6. The van der Waals surface area contributed by atoms with Crippen molar-refractivity contribution in [2.45, 2.75) is 13.8 Å². The number of nitrogens with zero attached hydrogens (tertiary/aromatic N) is 1. The fourth-order valence-electron chi connectivity index (χ4n) is 2.10. The van der Waals surface area contributed by atoms with Crippen LogP contribution in [0.5, 0.6) is 5.75 Å². The summed E-state index contributed by atoms with van der Waals surface area (Å²) in [5.74, 6) is 0.780. The van der Waals surface area contributed by atoms with Gasteiger partial charge in [0.05, 0.1) is 7.11 Å². The summed E-state index contributed by atoms with van der Waals surface area (Å²) in [4.78, 5) is 2.20. The zero-order valence-corrected chi connectivity index (χ0v) is 12.1. The van der Waals surface area contributed by atoms with Crippen LogP contribution in [-0.4, -0.2) is 39.2 Å². The molecule has 0 aliphatic carbocycles. The monoisotopic (exact) mass is 251 g/mol. The van der Waals surface area contributed by atoms with Gasteiger partial charge in [-0.2, -0.15) is 0 Å². The molecule has 1 aromatic carbocycles. The lowest BCUT2D eigenvalue weighted by molar-refractivity contribution is 0.254. The number of methoxy groups -OCH3 is 1. The highest BCUT2D eigenvalue weighted by Gasteiger charge is 2.18. The van der Waals surface area contributed by atoms with Crippen LogP contribution in [0.2, 0.25) is 0 Å². The lowest BCUT2D eigenvalue weighted by atomic mass is 9.93. The van der Waals surface area contributed by atoms with Gasteiger partial charge in [0.15, 0.2) is 0 Å². The lowest BCUT2D eigenvalue weighted by Gasteiger charge is -2.29. The van der Waals surface area contributed by atoms with Crippen molar-refractivity contribution in [2.24, 2.45) is 5.41 Å². The van der Waals surface area contributed by atoms with Crippen LogP contribution in [0.1, 0.15) is 13.8 Å². The van der Waals surface area contributed by atoms with E-state index in [2.05, 4.69) is 38.2 Å². The first-order valence-electron chi connectivity index (χ1n) is 6.15. The van der Waals surface area contributed by atoms with Crippen molar-refractivity contribution in [3.8, 4) is 5.75 Å². The average molecular weight is 251 g/mol. The Morgan fingerprint density at radius 2 is 1.94 bits per heavy atom. The fraction of sp³-hybridized carbons (Fsp3) is 0.571. The normalized spacial score (nSPS) is 11.7. The minimum atomic E-state index is 0.196. The second kappa shape index (κ2) is 5.96. The third kappa shape index (κ3) is 4.84. The molecule has 0 fully saturated rings. The average Bonchev–Trinajstić information content (AvgIpc) is 2.24. The number of nitrogen functional groups attached to an aromatic ring is 1. The number of nitrogens with two attached hydrogens (primary N) is 1. The molecule has 1 rings (SSSR count). The van der Waals surface area contributed by atoms with Crippen LogP contribution in [0.25, 0.3) is 0 Å². The number of benzene rings is 1. The van der Waals surface area contributed by atoms with Crippen molar-refractivity contribution >= 4 is 11.4 Å². The van der Waals surface area contributed by atoms with E-state index in [1.807, 2.05) is 18.2 Å². The predicted molar refractivity (Wildman–Crippen MR) is 78.2 cm³/mol. The van der Waals surface area contributed by atoms with Crippen LogP contribution in [0.4, 0.5) is 11.4 Å². The SMILES string of the molecule is COc1cc(N)cc(NCC(C)(C)CN(C)C)c1. The molecular weight excluding hydrogens is 226 g/mol. The van der Waals surface area contributed by atoms with E-state index >= 15 is 0 Å². The lowest BCUT2D eigenvalue weighted by Crippen LogP contribution is -2.34. The highest BCUT2D eigenvalue weighted by atomic mass is 16.5. The topological polar surface area (TPSA) is 50.5 Å². The quantitative estimate of drug-likeness (QED) is 0.762. The van der Waals surface area contributed by atoms with Crippen molar-refractivity contribution in [1.82, 2.24) is 4.90 Å². The van der Waals surface area contributed by atoms with Crippen molar-refractivity contribution in [1.29, 1.82) is 0 Å². The molecule has 0 atom stereocenters. The molecule has 102 valence electrons. The Morgan fingerprint density at radius 1 is 1.28 bits per heavy atom. The predicted octanol–water partition coefficient (Wildman–Crippen LogP) is 2.28. The summed E-state index contributed by atoms with van der Waals surface area (Å²) in [6.45, 7) is 6.39. The van der Waals surface area contributed by atoms with Gasteiger partial charge >= 0.3 is 0 Å². The summed E-state index contributed by atoms with van der Waals surface area (Å²) < 4.78 is 5.20. The van der Waals surface area contributed by atoms with Crippen LogP contribution in [0.15, 0.2) is 18.2 Å². The first-order chi connectivity index (χ1) is 8.32. The molecule has 0 amide bonds. The smallest absolute Gasteiger partial charge is 0.122 e. The molecule has 0 heterocycles. The zero-order chi connectivity index (χ0) is 13.8. The Hall–Kier alpha value is -1.42. The number of rotatable bonds is 6. The van der Waals surface area contributed by atoms with Gasteiger partial charge < -0.3 is 20.7 Å². The number of ether oxygens (including phenoxy) is 1. The number of nitrogens with one attached hydrogen (secondary N) is 1. The molecule has 0 unspecified atom stereocenters. The van der Waals surface area contributed by atoms with Crippen molar-refractivity contribution in [3.05, 3.63) is 18.2 Å².